The molecule has 0 aromatic heterocycles. The first-order valence-electron chi connectivity index (χ1n) is 10.0. The van der Waals surface area contributed by atoms with Gasteiger partial charge in [-0.2, -0.15) is 5.26 Å². The van der Waals surface area contributed by atoms with Crippen LogP contribution in [0.15, 0.2) is 48.5 Å². The van der Waals surface area contributed by atoms with Crippen molar-refractivity contribution < 1.29 is 19.4 Å². The van der Waals surface area contributed by atoms with Crippen LogP contribution >= 0.6 is 0 Å². The van der Waals surface area contributed by atoms with Crippen molar-refractivity contribution in [2.45, 2.75) is 37.3 Å². The van der Waals surface area contributed by atoms with Gasteiger partial charge in [0.1, 0.15) is 24.0 Å². The number of urea groups is 1. The van der Waals surface area contributed by atoms with Crippen LogP contribution in [-0.4, -0.2) is 41.2 Å². The number of fused-ring (bicyclic) bond motifs is 2. The Morgan fingerprint density at radius 2 is 1.97 bits per heavy atom. The maximum atomic E-state index is 13.2. The Labute approximate surface area is 174 Å². The van der Waals surface area contributed by atoms with E-state index in [1.807, 2.05) is 24.3 Å². The molecular formula is C23H23N3O4. The molecule has 1 aliphatic heterocycles. The number of benzene rings is 2. The third kappa shape index (κ3) is 3.62. The van der Waals surface area contributed by atoms with Crippen molar-refractivity contribution in [2.75, 3.05) is 13.2 Å². The van der Waals surface area contributed by atoms with Crippen LogP contribution in [0.1, 0.15) is 29.5 Å². The van der Waals surface area contributed by atoms with E-state index in [9.17, 15) is 14.7 Å². The Bertz CT molecular complexity index is 998. The molecule has 0 bridgehead atoms. The van der Waals surface area contributed by atoms with Gasteiger partial charge in [-0.15, -0.1) is 0 Å². The van der Waals surface area contributed by atoms with Crippen LogP contribution < -0.4 is 10.1 Å². The van der Waals surface area contributed by atoms with Gasteiger partial charge in [0.05, 0.1) is 19.0 Å². The number of hydrogen-bond acceptors (Lipinski definition) is 5. The quantitative estimate of drug-likeness (QED) is 0.718. The third-order valence-corrected chi connectivity index (χ3v) is 5.69. The molecule has 0 radical (unpaired) electrons. The van der Waals surface area contributed by atoms with Crippen molar-refractivity contribution >= 4 is 11.9 Å². The van der Waals surface area contributed by atoms with E-state index in [0.717, 1.165) is 34.4 Å². The van der Waals surface area contributed by atoms with E-state index in [0.29, 0.717) is 18.6 Å². The number of nitriles is 1. The highest BCUT2D eigenvalue weighted by molar-refractivity contribution is 6.07. The van der Waals surface area contributed by atoms with E-state index in [-0.39, 0.29) is 19.1 Å². The smallest absolute Gasteiger partial charge is 0.325 e. The number of nitrogens with one attached hydrogen (secondary N) is 1. The fraction of sp³-hybridized carbons (Fsp3) is 0.348. The molecule has 154 valence electrons. The Hall–Kier alpha value is -3.37. The summed E-state index contributed by atoms with van der Waals surface area (Å²) in [4.78, 5) is 26.9. The van der Waals surface area contributed by atoms with E-state index in [2.05, 4.69) is 11.4 Å². The molecule has 1 fully saturated rings. The zero-order valence-corrected chi connectivity index (χ0v) is 16.5. The highest BCUT2D eigenvalue weighted by Gasteiger charge is 2.54. The number of nitrogens with zero attached hydrogens (tertiary/aromatic N) is 2. The van der Waals surface area contributed by atoms with Gasteiger partial charge >= 0.3 is 6.03 Å². The second-order valence-corrected chi connectivity index (χ2v) is 7.71. The summed E-state index contributed by atoms with van der Waals surface area (Å²) in [7, 11) is 0. The van der Waals surface area contributed by atoms with Crippen LogP contribution in [0.2, 0.25) is 0 Å². The van der Waals surface area contributed by atoms with Gasteiger partial charge in [-0.3, -0.25) is 9.69 Å². The molecule has 2 aliphatic rings. The number of amides is 3. The van der Waals surface area contributed by atoms with Crippen LogP contribution in [0.3, 0.4) is 0 Å². The second kappa shape index (κ2) is 8.17. The van der Waals surface area contributed by atoms with E-state index < -0.39 is 17.7 Å². The summed E-state index contributed by atoms with van der Waals surface area (Å²) < 4.78 is 5.57. The van der Waals surface area contributed by atoms with Crippen molar-refractivity contribution in [1.82, 2.24) is 10.2 Å². The lowest BCUT2D eigenvalue weighted by Crippen LogP contribution is -2.47. The average Bonchev–Trinajstić information content (AvgIpc) is 2.98. The van der Waals surface area contributed by atoms with E-state index in [4.69, 9.17) is 10.00 Å². The Morgan fingerprint density at radius 1 is 1.20 bits per heavy atom. The molecule has 1 spiro atoms. The lowest BCUT2D eigenvalue weighted by atomic mass is 9.76. The number of β-amino-alcohol motifs (C(OH)–C–C–N with tert-alkyl or cyclic N) is 1. The Morgan fingerprint density at radius 3 is 2.73 bits per heavy atom. The van der Waals surface area contributed by atoms with Crippen molar-refractivity contribution in [3.63, 3.8) is 0 Å². The SMILES string of the molecule is N#CCc1ccc(OC[C@@H](O)CN2C(=O)N[C@@]3(CCCc4ccccc43)C2=O)cc1. The lowest BCUT2D eigenvalue weighted by molar-refractivity contribution is -0.133. The number of aliphatic hydroxyl groups excluding tert-OH is 1. The number of aliphatic hydroxyl groups is 1. The molecule has 3 amide bonds. The molecule has 30 heavy (non-hydrogen) atoms. The Balaban J connectivity index is 1.41. The van der Waals surface area contributed by atoms with Crippen LogP contribution in [0.5, 0.6) is 5.75 Å². The second-order valence-electron chi connectivity index (χ2n) is 7.71. The third-order valence-electron chi connectivity index (χ3n) is 5.69. The number of carbonyl (C=O) groups is 2. The highest BCUT2D eigenvalue weighted by Crippen LogP contribution is 2.39. The van der Waals surface area contributed by atoms with Crippen LogP contribution in [-0.2, 0) is 23.2 Å². The van der Waals surface area contributed by atoms with E-state index in [1.54, 1.807) is 24.3 Å². The van der Waals surface area contributed by atoms with Gasteiger partial charge < -0.3 is 15.2 Å². The number of ether oxygens (including phenoxy) is 1. The number of hydrogen-bond donors (Lipinski definition) is 2. The standard InChI is InChI=1S/C23H23N3O4/c24-13-11-16-7-9-19(10-8-16)30-15-18(27)14-26-21(28)23(25-22(26)29)12-3-5-17-4-1-2-6-20(17)23/h1-2,4,6-10,18,27H,3,5,11-12,14-15H2,(H,25,29)/t18-,23+/m0/s1. The molecule has 2 aromatic carbocycles. The van der Waals surface area contributed by atoms with Crippen LogP contribution in [0.25, 0.3) is 0 Å². The van der Waals surface area contributed by atoms with E-state index >= 15 is 0 Å². The maximum absolute atomic E-state index is 13.2. The average molecular weight is 405 g/mol. The number of imide groups is 1. The molecule has 2 N–H and O–H groups in total. The molecule has 0 unspecified atom stereocenters. The lowest BCUT2D eigenvalue weighted by Gasteiger charge is -2.33. The molecule has 4 rings (SSSR count). The minimum atomic E-state index is -1.04. The van der Waals surface area contributed by atoms with Crippen LogP contribution in [0, 0.1) is 11.3 Å². The number of rotatable bonds is 6. The van der Waals surface area contributed by atoms with Gasteiger partial charge in [-0.25, -0.2) is 4.79 Å². The molecule has 2 aromatic rings. The first-order chi connectivity index (χ1) is 14.5. The van der Waals surface area contributed by atoms with Gasteiger partial charge in [0.15, 0.2) is 0 Å². The normalized spacial score (nSPS) is 21.1. The molecule has 1 heterocycles. The predicted molar refractivity (Wildman–Crippen MR) is 109 cm³/mol. The fourth-order valence-electron chi connectivity index (χ4n) is 4.23. The van der Waals surface area contributed by atoms with Crippen molar-refractivity contribution in [3.8, 4) is 11.8 Å². The summed E-state index contributed by atoms with van der Waals surface area (Å²) in [5, 5.41) is 22.0. The predicted octanol–water partition coefficient (Wildman–Crippen LogP) is 2.28. The monoisotopic (exact) mass is 405 g/mol. The molecule has 0 saturated carbocycles. The zero-order chi connectivity index (χ0) is 21.1. The number of carbonyl (C=O) groups excluding carboxylic acids is 2. The molecule has 7 heteroatoms. The maximum Gasteiger partial charge on any atom is 0.325 e. The first kappa shape index (κ1) is 19.9. The summed E-state index contributed by atoms with van der Waals surface area (Å²) in [6.07, 6.45) is 1.54. The van der Waals surface area contributed by atoms with Crippen molar-refractivity contribution in [3.05, 3.63) is 65.2 Å². The topological polar surface area (TPSA) is 103 Å². The molecule has 7 nitrogen and oxygen atoms in total. The van der Waals surface area contributed by atoms with E-state index in [1.165, 1.54) is 0 Å². The van der Waals surface area contributed by atoms with Crippen molar-refractivity contribution in [1.29, 1.82) is 5.26 Å². The van der Waals surface area contributed by atoms with Crippen molar-refractivity contribution in [2.24, 2.45) is 0 Å². The van der Waals surface area contributed by atoms with Gasteiger partial charge in [0, 0.05) is 0 Å². The first-order valence-corrected chi connectivity index (χ1v) is 10.0. The summed E-state index contributed by atoms with van der Waals surface area (Å²) in [5.74, 6) is 0.227. The van der Waals surface area contributed by atoms with Gasteiger partial charge in [-0.05, 0) is 48.1 Å². The molecule has 1 aliphatic carbocycles. The molecule has 2 atom stereocenters. The Kier molecular flexibility index (Phi) is 5.42. The number of aryl methyl sites for hydroxylation is 1. The van der Waals surface area contributed by atoms with Gasteiger partial charge in [0.25, 0.3) is 5.91 Å². The minimum Gasteiger partial charge on any atom is -0.491 e. The summed E-state index contributed by atoms with van der Waals surface area (Å²) >= 11 is 0. The van der Waals surface area contributed by atoms with Crippen LogP contribution in [0.4, 0.5) is 4.79 Å². The summed E-state index contributed by atoms with van der Waals surface area (Å²) in [5.41, 5.74) is 1.76. The molecular weight excluding hydrogens is 382 g/mol. The fourth-order valence-corrected chi connectivity index (χ4v) is 4.23. The summed E-state index contributed by atoms with van der Waals surface area (Å²) in [6, 6.07) is 16.3. The zero-order valence-electron chi connectivity index (χ0n) is 16.5. The van der Waals surface area contributed by atoms with Gasteiger partial charge in [0.2, 0.25) is 0 Å². The minimum absolute atomic E-state index is 0.0573. The van der Waals surface area contributed by atoms with Gasteiger partial charge in [-0.1, -0.05) is 36.4 Å². The highest BCUT2D eigenvalue weighted by atomic mass is 16.5. The summed E-state index contributed by atoms with van der Waals surface area (Å²) in [6.45, 7) is -0.195. The molecule has 1 saturated heterocycles. The largest absolute Gasteiger partial charge is 0.491 e.